The Bertz CT molecular complexity index is 1410. The summed E-state index contributed by atoms with van der Waals surface area (Å²) < 4.78 is 12.5. The van der Waals surface area contributed by atoms with Crippen LogP contribution in [0, 0.1) is 17.8 Å². The Hall–Kier alpha value is -4.00. The largest absolute Gasteiger partial charge is 0.436 e. The van der Waals surface area contributed by atoms with Crippen LogP contribution in [0.5, 0.6) is 0 Å². The fourth-order valence-corrected chi connectivity index (χ4v) is 5.27. The Morgan fingerprint density at radius 2 is 1.91 bits per heavy atom. The maximum Gasteiger partial charge on any atom is 0.410 e. The number of aromatic nitrogens is 4. The Balaban J connectivity index is 0.00000180. The molecule has 2 unspecified atom stereocenters. The number of aliphatic hydroxyl groups is 2. The molecule has 232 valence electrons. The first kappa shape index (κ1) is 30.5. The molecule has 15 nitrogen and oxygen atoms in total. The molecule has 1 saturated carbocycles. The summed E-state index contributed by atoms with van der Waals surface area (Å²) in [6, 6.07) is 0.0765. The zero-order valence-electron chi connectivity index (χ0n) is 24.2. The van der Waals surface area contributed by atoms with Crippen LogP contribution in [0.2, 0.25) is 0 Å². The number of carbonyl (C=O) groups excluding carboxylic acids is 3. The van der Waals surface area contributed by atoms with E-state index in [1.807, 2.05) is 13.8 Å². The second-order valence-electron chi connectivity index (χ2n) is 10.9. The first-order chi connectivity index (χ1) is 20.8. The number of imidazole rings is 1. The molecule has 0 aromatic carbocycles. The summed E-state index contributed by atoms with van der Waals surface area (Å²) in [5, 5.41) is 26.6. The number of rotatable bonds is 5. The van der Waals surface area contributed by atoms with Crippen molar-refractivity contribution in [3.05, 3.63) is 12.2 Å². The number of hydrogen-bond donors (Lipinski definition) is 5. The lowest BCUT2D eigenvalue weighted by molar-refractivity contribution is -0.137. The molecule has 2 aromatic rings. The van der Waals surface area contributed by atoms with Crippen LogP contribution >= 0.6 is 0 Å². The van der Waals surface area contributed by atoms with Crippen LogP contribution in [0.4, 0.5) is 10.6 Å². The van der Waals surface area contributed by atoms with E-state index in [9.17, 15) is 24.6 Å². The number of nitrogen functional groups attached to an aromatic ring is 1. The lowest BCUT2D eigenvalue weighted by atomic mass is 9.94. The number of aliphatic hydroxyl groups excluding tert-OH is 2. The number of anilines is 1. The van der Waals surface area contributed by atoms with E-state index in [-0.39, 0.29) is 40.7 Å². The minimum atomic E-state index is -1.43. The van der Waals surface area contributed by atoms with Crippen LogP contribution in [0.3, 0.4) is 0 Å². The second kappa shape index (κ2) is 13.1. The lowest BCUT2D eigenvalue weighted by Gasteiger charge is -2.31. The zero-order chi connectivity index (χ0) is 30.7. The molecule has 0 radical (unpaired) electrons. The molecule has 5 atom stereocenters. The van der Waals surface area contributed by atoms with Gasteiger partial charge in [-0.15, -0.1) is 0 Å². The molecule has 3 amide bonds. The van der Waals surface area contributed by atoms with Gasteiger partial charge in [0.1, 0.15) is 17.7 Å². The normalized spacial score (nSPS) is 27.1. The third kappa shape index (κ3) is 6.66. The maximum atomic E-state index is 12.5. The molecule has 6 N–H and O–H groups in total. The average molecular weight is 599 g/mol. The van der Waals surface area contributed by atoms with Crippen LogP contribution in [0.1, 0.15) is 64.4 Å². The average Bonchev–Trinajstić information content (AvgIpc) is 3.45. The van der Waals surface area contributed by atoms with Crippen molar-refractivity contribution >= 4 is 34.9 Å². The standard InChI is InChI=1S/C26H32N8O7.C2H6/c27-21-17-22(34(12-29-17)25-19(36)18(35)20(41-25)24(38)30-14-4-5-14)32-16(31-21)3-1-2-13-7-10-33(11-8-13)26(39)40-15-6-9-28-23(15)37;1-2/h12-15,18-20,25,35-36H,2,4-11H2,(H,28,37)(H,30,38)(H2,27,31,32);1-2H3/t15?,18-,19?,20+,25-;/m1./s1. The highest BCUT2D eigenvalue weighted by Gasteiger charge is 2.48. The van der Waals surface area contributed by atoms with Gasteiger partial charge in [-0.1, -0.05) is 19.8 Å². The first-order valence-electron chi connectivity index (χ1n) is 14.8. The van der Waals surface area contributed by atoms with Gasteiger partial charge in [-0.3, -0.25) is 14.2 Å². The number of likely N-dealkylation sites (tertiary alicyclic amines) is 1. The van der Waals surface area contributed by atoms with Crippen molar-refractivity contribution in [3.8, 4) is 11.8 Å². The van der Waals surface area contributed by atoms with E-state index in [0.29, 0.717) is 32.5 Å². The fraction of sp³-hybridized carbons (Fsp3) is 0.643. The molecule has 0 bridgehead atoms. The predicted molar refractivity (Wildman–Crippen MR) is 152 cm³/mol. The molecule has 4 aliphatic rings. The van der Waals surface area contributed by atoms with Crippen LogP contribution in [0.25, 0.3) is 11.2 Å². The van der Waals surface area contributed by atoms with Crippen molar-refractivity contribution in [2.24, 2.45) is 5.92 Å². The number of nitrogens with one attached hydrogen (secondary N) is 2. The van der Waals surface area contributed by atoms with Crippen molar-refractivity contribution in [1.29, 1.82) is 0 Å². The van der Waals surface area contributed by atoms with Gasteiger partial charge in [-0.05, 0) is 37.5 Å². The van der Waals surface area contributed by atoms with Gasteiger partial charge >= 0.3 is 6.09 Å². The van der Waals surface area contributed by atoms with Crippen molar-refractivity contribution in [2.45, 2.75) is 89.1 Å². The minimum absolute atomic E-state index is 0.0765. The van der Waals surface area contributed by atoms with E-state index in [1.54, 1.807) is 4.90 Å². The molecule has 6 rings (SSSR count). The van der Waals surface area contributed by atoms with Crippen LogP contribution in [-0.2, 0) is 19.1 Å². The smallest absolute Gasteiger partial charge is 0.410 e. The highest BCUT2D eigenvalue weighted by Crippen LogP contribution is 2.33. The molecule has 5 heterocycles. The number of nitrogens with zero attached hydrogens (tertiary/aromatic N) is 5. The number of nitrogens with two attached hydrogens (primary N) is 1. The number of amides is 3. The summed E-state index contributed by atoms with van der Waals surface area (Å²) in [5.74, 6) is 5.81. The van der Waals surface area contributed by atoms with Gasteiger partial charge in [0.25, 0.3) is 11.8 Å². The molecular weight excluding hydrogens is 560 g/mol. The summed E-state index contributed by atoms with van der Waals surface area (Å²) >= 11 is 0. The predicted octanol–water partition coefficient (Wildman–Crippen LogP) is -0.189. The second-order valence-corrected chi connectivity index (χ2v) is 10.9. The number of fused-ring (bicyclic) bond motifs is 1. The molecular formula is C28H38N8O7. The van der Waals surface area contributed by atoms with Gasteiger partial charge in [0.2, 0.25) is 5.82 Å². The van der Waals surface area contributed by atoms with Gasteiger partial charge < -0.3 is 41.0 Å². The highest BCUT2D eigenvalue weighted by atomic mass is 16.6. The summed E-state index contributed by atoms with van der Waals surface area (Å²) in [6.45, 7) is 5.55. The van der Waals surface area contributed by atoms with Crippen molar-refractivity contribution in [2.75, 3.05) is 25.4 Å². The van der Waals surface area contributed by atoms with Crippen molar-refractivity contribution < 1.29 is 34.1 Å². The Kier molecular flexibility index (Phi) is 9.28. The van der Waals surface area contributed by atoms with Crippen molar-refractivity contribution in [3.63, 3.8) is 0 Å². The summed E-state index contributed by atoms with van der Waals surface area (Å²) in [6.07, 6.45) is -0.699. The molecule has 0 spiro atoms. The van der Waals surface area contributed by atoms with Gasteiger partial charge in [-0.2, -0.15) is 0 Å². The van der Waals surface area contributed by atoms with E-state index < -0.39 is 42.6 Å². The third-order valence-electron chi connectivity index (χ3n) is 7.85. The monoisotopic (exact) mass is 598 g/mol. The van der Waals surface area contributed by atoms with E-state index >= 15 is 0 Å². The molecule has 1 aliphatic carbocycles. The van der Waals surface area contributed by atoms with Crippen LogP contribution in [-0.4, -0.2) is 103 Å². The van der Waals surface area contributed by atoms with Gasteiger partial charge in [-0.25, -0.2) is 19.7 Å². The molecule has 3 saturated heterocycles. The Morgan fingerprint density at radius 1 is 1.16 bits per heavy atom. The summed E-state index contributed by atoms with van der Waals surface area (Å²) in [7, 11) is 0. The quantitative estimate of drug-likeness (QED) is 0.285. The maximum absolute atomic E-state index is 12.5. The Morgan fingerprint density at radius 3 is 2.58 bits per heavy atom. The number of ether oxygens (including phenoxy) is 2. The van der Waals surface area contributed by atoms with Crippen molar-refractivity contribution in [1.82, 2.24) is 35.1 Å². The molecule has 3 aliphatic heterocycles. The number of hydrogen-bond acceptors (Lipinski definition) is 11. The summed E-state index contributed by atoms with van der Waals surface area (Å²) in [5.41, 5.74) is 6.64. The lowest BCUT2D eigenvalue weighted by Crippen LogP contribution is -2.43. The summed E-state index contributed by atoms with van der Waals surface area (Å²) in [4.78, 5) is 51.1. The van der Waals surface area contributed by atoms with Crippen LogP contribution < -0.4 is 16.4 Å². The van der Waals surface area contributed by atoms with Gasteiger partial charge in [0.15, 0.2) is 29.9 Å². The molecule has 4 fully saturated rings. The van der Waals surface area contributed by atoms with E-state index in [2.05, 4.69) is 37.4 Å². The zero-order valence-corrected chi connectivity index (χ0v) is 24.2. The van der Waals surface area contributed by atoms with Gasteiger partial charge in [0.05, 0.1) is 6.33 Å². The van der Waals surface area contributed by atoms with Crippen LogP contribution in [0.15, 0.2) is 6.33 Å². The highest BCUT2D eigenvalue weighted by molar-refractivity contribution is 5.85. The van der Waals surface area contributed by atoms with E-state index in [4.69, 9.17) is 15.2 Å². The van der Waals surface area contributed by atoms with Gasteiger partial charge in [0, 0.05) is 38.5 Å². The Labute approximate surface area is 248 Å². The van der Waals surface area contributed by atoms with E-state index in [0.717, 1.165) is 25.7 Å². The number of carbonyl (C=O) groups is 3. The topological polar surface area (TPSA) is 207 Å². The van der Waals surface area contributed by atoms with E-state index in [1.165, 1.54) is 10.9 Å². The first-order valence-corrected chi connectivity index (χ1v) is 14.8. The molecule has 43 heavy (non-hydrogen) atoms. The molecule has 2 aromatic heterocycles. The molecule has 15 heteroatoms. The number of piperidine rings is 1. The SMILES string of the molecule is CC.Nc1nc(C#CCC2CCN(C(=O)OC3CCNC3=O)CC2)nc2c1ncn2[C@@H]1O[C@H](C(=O)NC2CC2)[C@H](O)C1O. The fourth-order valence-electron chi connectivity index (χ4n) is 5.27. The minimum Gasteiger partial charge on any atom is -0.436 e. The third-order valence-corrected chi connectivity index (χ3v) is 7.85.